The van der Waals surface area contributed by atoms with E-state index in [4.69, 9.17) is 15.2 Å². The minimum absolute atomic E-state index is 0.0185. The smallest absolute Gasteiger partial charge is 0.176 e. The number of aryl methyl sites for hydroxylation is 1. The van der Waals surface area contributed by atoms with Gasteiger partial charge in [-0.1, -0.05) is 0 Å². The van der Waals surface area contributed by atoms with Crippen molar-refractivity contribution >= 4 is 5.82 Å². The molecule has 0 aliphatic carbocycles. The topological polar surface area (TPSA) is 82.5 Å². The number of nitrogens with two attached hydrogens (primary N) is 1. The Morgan fingerprint density at radius 3 is 2.53 bits per heavy atom. The molecular weight excluding hydrogens is 253 g/mol. The van der Waals surface area contributed by atoms with Gasteiger partial charge in [-0.2, -0.15) is 5.10 Å². The number of phenols is 1. The first kappa shape index (κ1) is 13.0. The van der Waals surface area contributed by atoms with Crippen LogP contribution in [0.2, 0.25) is 0 Å². The number of phenolic OH excluding ortho intramolecular Hbond substituents is 1. The fourth-order valence-electron chi connectivity index (χ4n) is 1.84. The van der Waals surface area contributed by atoms with Gasteiger partial charge in [0, 0.05) is 13.1 Å². The third kappa shape index (κ3) is 1.92. The maximum atomic E-state index is 14.2. The first-order valence-electron chi connectivity index (χ1n) is 5.42. The van der Waals surface area contributed by atoms with Crippen LogP contribution in [0.1, 0.15) is 0 Å². The molecule has 19 heavy (non-hydrogen) atoms. The Balaban J connectivity index is 2.81. The van der Waals surface area contributed by atoms with Crippen LogP contribution in [0.4, 0.5) is 10.2 Å². The summed E-state index contributed by atoms with van der Waals surface area (Å²) in [4.78, 5) is 0. The summed E-state index contributed by atoms with van der Waals surface area (Å²) in [5.41, 5.74) is 6.17. The molecule has 2 rings (SSSR count). The third-order valence-corrected chi connectivity index (χ3v) is 2.84. The molecule has 0 bridgehead atoms. The van der Waals surface area contributed by atoms with E-state index in [-0.39, 0.29) is 22.9 Å². The van der Waals surface area contributed by atoms with Crippen LogP contribution in [-0.2, 0) is 7.05 Å². The molecule has 0 atom stereocenters. The second-order valence-electron chi connectivity index (χ2n) is 3.89. The monoisotopic (exact) mass is 267 g/mol. The number of halogens is 1. The summed E-state index contributed by atoms with van der Waals surface area (Å²) in [7, 11) is 4.40. The van der Waals surface area contributed by atoms with Crippen LogP contribution < -0.4 is 15.2 Å². The maximum Gasteiger partial charge on any atom is 0.176 e. The molecule has 1 aromatic carbocycles. The second kappa shape index (κ2) is 4.68. The molecule has 0 saturated carbocycles. The molecular formula is C12H14FN3O3. The van der Waals surface area contributed by atoms with Crippen molar-refractivity contribution in [3.63, 3.8) is 0 Å². The molecule has 0 amide bonds. The SMILES string of the molecule is COc1cc(O)c(F)c(-c2cnn(C)c2N)c1OC. The predicted molar refractivity (Wildman–Crippen MR) is 67.8 cm³/mol. The molecule has 0 radical (unpaired) electrons. The van der Waals surface area contributed by atoms with Crippen molar-refractivity contribution in [1.82, 2.24) is 9.78 Å². The van der Waals surface area contributed by atoms with Gasteiger partial charge in [-0.05, 0) is 0 Å². The Morgan fingerprint density at radius 2 is 2.05 bits per heavy atom. The van der Waals surface area contributed by atoms with E-state index in [9.17, 15) is 9.50 Å². The minimum atomic E-state index is -0.836. The number of hydrogen-bond donors (Lipinski definition) is 2. The molecule has 0 unspecified atom stereocenters. The van der Waals surface area contributed by atoms with E-state index >= 15 is 0 Å². The van der Waals surface area contributed by atoms with E-state index in [0.29, 0.717) is 5.56 Å². The van der Waals surface area contributed by atoms with Crippen LogP contribution in [0.3, 0.4) is 0 Å². The summed E-state index contributed by atoms with van der Waals surface area (Å²) < 4.78 is 25.8. The van der Waals surface area contributed by atoms with E-state index in [1.807, 2.05) is 0 Å². The number of ether oxygens (including phenoxy) is 2. The van der Waals surface area contributed by atoms with Gasteiger partial charge in [-0.25, -0.2) is 4.39 Å². The molecule has 1 heterocycles. The normalized spacial score (nSPS) is 10.5. The van der Waals surface area contributed by atoms with Gasteiger partial charge in [0.05, 0.1) is 31.5 Å². The van der Waals surface area contributed by atoms with Crippen molar-refractivity contribution in [1.29, 1.82) is 0 Å². The lowest BCUT2D eigenvalue weighted by molar-refractivity contribution is 0.347. The van der Waals surface area contributed by atoms with Crippen molar-refractivity contribution in [2.75, 3.05) is 20.0 Å². The summed E-state index contributed by atoms with van der Waals surface area (Å²) in [5, 5.41) is 13.6. The summed E-state index contributed by atoms with van der Waals surface area (Å²) in [6, 6.07) is 1.14. The van der Waals surface area contributed by atoms with Gasteiger partial charge in [-0.3, -0.25) is 4.68 Å². The summed E-state index contributed by atoms with van der Waals surface area (Å²) in [6.07, 6.45) is 1.40. The summed E-state index contributed by atoms with van der Waals surface area (Å²) in [5.74, 6) is -0.768. The number of hydrogen-bond acceptors (Lipinski definition) is 5. The van der Waals surface area contributed by atoms with Crippen molar-refractivity contribution in [2.24, 2.45) is 7.05 Å². The fourth-order valence-corrected chi connectivity index (χ4v) is 1.84. The van der Waals surface area contributed by atoms with Crippen LogP contribution >= 0.6 is 0 Å². The Hall–Kier alpha value is -2.44. The zero-order chi connectivity index (χ0) is 14.2. The Bertz CT molecular complexity index is 625. The van der Waals surface area contributed by atoms with Gasteiger partial charge in [0.2, 0.25) is 0 Å². The van der Waals surface area contributed by atoms with Crippen LogP contribution in [0.15, 0.2) is 12.3 Å². The molecule has 7 heteroatoms. The Labute approximate surface area is 109 Å². The number of anilines is 1. The molecule has 0 aliphatic rings. The van der Waals surface area contributed by atoms with Crippen LogP contribution in [-0.4, -0.2) is 29.1 Å². The molecule has 1 aromatic heterocycles. The largest absolute Gasteiger partial charge is 0.505 e. The van der Waals surface area contributed by atoms with Crippen LogP contribution in [0.5, 0.6) is 17.2 Å². The Kier molecular flexibility index (Phi) is 3.20. The highest BCUT2D eigenvalue weighted by Crippen LogP contribution is 2.45. The standard InChI is InChI=1S/C12H14FN3O3/c1-16-12(14)6(5-15-16)9-10(13)7(17)4-8(18-2)11(9)19-3/h4-5,17H,14H2,1-3H3. The molecule has 2 aromatic rings. The van der Waals surface area contributed by atoms with Gasteiger partial charge in [0.15, 0.2) is 23.1 Å². The first-order valence-corrected chi connectivity index (χ1v) is 5.42. The molecule has 3 N–H and O–H groups in total. The van der Waals surface area contributed by atoms with E-state index in [1.165, 1.54) is 25.1 Å². The number of methoxy groups -OCH3 is 2. The lowest BCUT2D eigenvalue weighted by atomic mass is 10.1. The lowest BCUT2D eigenvalue weighted by Crippen LogP contribution is -2.01. The number of aromatic nitrogens is 2. The summed E-state index contributed by atoms with van der Waals surface area (Å²) in [6.45, 7) is 0. The fraction of sp³-hybridized carbons (Fsp3) is 0.250. The van der Waals surface area contributed by atoms with Crippen molar-refractivity contribution in [3.05, 3.63) is 18.1 Å². The zero-order valence-electron chi connectivity index (χ0n) is 10.8. The lowest BCUT2D eigenvalue weighted by Gasteiger charge is -2.14. The molecule has 6 nitrogen and oxygen atoms in total. The molecule has 0 saturated heterocycles. The van der Waals surface area contributed by atoms with Crippen LogP contribution in [0, 0.1) is 5.82 Å². The highest BCUT2D eigenvalue weighted by molar-refractivity contribution is 5.82. The minimum Gasteiger partial charge on any atom is -0.505 e. The Morgan fingerprint density at radius 1 is 1.37 bits per heavy atom. The zero-order valence-corrected chi connectivity index (χ0v) is 10.8. The van der Waals surface area contributed by atoms with Crippen LogP contribution in [0.25, 0.3) is 11.1 Å². The molecule has 0 spiro atoms. The van der Waals surface area contributed by atoms with Gasteiger partial charge in [0.25, 0.3) is 0 Å². The van der Waals surface area contributed by atoms with E-state index < -0.39 is 11.6 Å². The van der Waals surface area contributed by atoms with Crippen molar-refractivity contribution < 1.29 is 19.0 Å². The maximum absolute atomic E-state index is 14.2. The first-order chi connectivity index (χ1) is 9.01. The highest BCUT2D eigenvalue weighted by Gasteiger charge is 2.24. The van der Waals surface area contributed by atoms with Gasteiger partial charge in [0.1, 0.15) is 5.82 Å². The number of benzene rings is 1. The summed E-state index contributed by atoms with van der Waals surface area (Å²) >= 11 is 0. The van der Waals surface area contributed by atoms with Gasteiger partial charge in [-0.15, -0.1) is 0 Å². The second-order valence-corrected chi connectivity index (χ2v) is 3.89. The number of nitrogen functional groups attached to an aromatic ring is 1. The third-order valence-electron chi connectivity index (χ3n) is 2.84. The van der Waals surface area contributed by atoms with E-state index in [2.05, 4.69) is 5.10 Å². The average Bonchev–Trinajstić information content (AvgIpc) is 2.72. The number of nitrogens with zero attached hydrogens (tertiary/aromatic N) is 2. The predicted octanol–water partition coefficient (Wildman–Crippen LogP) is 1.53. The molecule has 0 aliphatic heterocycles. The number of rotatable bonds is 3. The molecule has 0 fully saturated rings. The van der Waals surface area contributed by atoms with Crippen molar-refractivity contribution in [2.45, 2.75) is 0 Å². The van der Waals surface area contributed by atoms with Gasteiger partial charge < -0.3 is 20.3 Å². The average molecular weight is 267 g/mol. The van der Waals surface area contributed by atoms with E-state index in [0.717, 1.165) is 6.07 Å². The number of aromatic hydroxyl groups is 1. The van der Waals surface area contributed by atoms with Crippen molar-refractivity contribution in [3.8, 4) is 28.4 Å². The quantitative estimate of drug-likeness (QED) is 0.881. The molecule has 102 valence electrons. The highest BCUT2D eigenvalue weighted by atomic mass is 19.1. The van der Waals surface area contributed by atoms with Gasteiger partial charge >= 0.3 is 0 Å². The van der Waals surface area contributed by atoms with E-state index in [1.54, 1.807) is 7.05 Å².